The second-order valence-electron chi connectivity index (χ2n) is 4.78. The molecule has 3 amide bonds. The van der Waals surface area contributed by atoms with Crippen LogP contribution in [0.2, 0.25) is 5.02 Å². The van der Waals surface area contributed by atoms with Gasteiger partial charge in [0.2, 0.25) is 5.91 Å². The fraction of sp³-hybridized carbons (Fsp3) is 0.385. The molecule has 7 nitrogen and oxygen atoms in total. The number of hydrogen-bond acceptors (Lipinski definition) is 4. The van der Waals surface area contributed by atoms with Crippen molar-refractivity contribution in [2.75, 3.05) is 25.1 Å². The van der Waals surface area contributed by atoms with Gasteiger partial charge in [-0.05, 0) is 0 Å². The maximum absolute atomic E-state index is 11.9. The maximum atomic E-state index is 11.9. The molecule has 3 N–H and O–H groups in total. The van der Waals surface area contributed by atoms with Gasteiger partial charge in [0.15, 0.2) is 11.5 Å². The van der Waals surface area contributed by atoms with E-state index in [-0.39, 0.29) is 18.4 Å². The lowest BCUT2D eigenvalue weighted by Crippen LogP contribution is -2.39. The summed E-state index contributed by atoms with van der Waals surface area (Å²) in [5, 5.41) is 8.35. The first-order valence-electron chi connectivity index (χ1n) is 6.55. The Kier molecular flexibility index (Phi) is 3.74. The van der Waals surface area contributed by atoms with E-state index in [0.717, 1.165) is 0 Å². The lowest BCUT2D eigenvalue weighted by Gasteiger charge is -2.20. The summed E-state index contributed by atoms with van der Waals surface area (Å²) < 4.78 is 10.8. The van der Waals surface area contributed by atoms with Crippen LogP contribution >= 0.6 is 11.6 Å². The van der Waals surface area contributed by atoms with Crippen molar-refractivity contribution in [3.63, 3.8) is 0 Å². The molecule has 3 rings (SSSR count). The number of benzene rings is 1. The third-order valence-electron chi connectivity index (χ3n) is 3.19. The molecule has 1 aromatic carbocycles. The number of urea groups is 1. The van der Waals surface area contributed by atoms with Gasteiger partial charge in [0.25, 0.3) is 0 Å². The van der Waals surface area contributed by atoms with Crippen molar-refractivity contribution in [2.24, 2.45) is 0 Å². The van der Waals surface area contributed by atoms with Crippen LogP contribution in [0.4, 0.5) is 10.5 Å². The number of fused-ring (bicyclic) bond motifs is 1. The van der Waals surface area contributed by atoms with Gasteiger partial charge in [-0.25, -0.2) is 4.79 Å². The fourth-order valence-electron chi connectivity index (χ4n) is 2.21. The van der Waals surface area contributed by atoms with Crippen molar-refractivity contribution in [1.82, 2.24) is 10.6 Å². The van der Waals surface area contributed by atoms with E-state index >= 15 is 0 Å². The van der Waals surface area contributed by atoms with Crippen molar-refractivity contribution in [1.29, 1.82) is 0 Å². The molecule has 2 heterocycles. The largest absolute Gasteiger partial charge is 0.486 e. The number of hydrogen-bond donors (Lipinski definition) is 3. The van der Waals surface area contributed by atoms with E-state index in [4.69, 9.17) is 21.1 Å². The first-order valence-corrected chi connectivity index (χ1v) is 6.93. The van der Waals surface area contributed by atoms with E-state index < -0.39 is 6.03 Å². The zero-order valence-corrected chi connectivity index (χ0v) is 11.8. The van der Waals surface area contributed by atoms with Gasteiger partial charge in [-0.3, -0.25) is 4.79 Å². The molecule has 0 bridgehead atoms. The van der Waals surface area contributed by atoms with E-state index in [1.165, 1.54) is 0 Å². The van der Waals surface area contributed by atoms with Crippen molar-refractivity contribution >= 4 is 29.2 Å². The van der Waals surface area contributed by atoms with Crippen LogP contribution in [0.15, 0.2) is 12.1 Å². The van der Waals surface area contributed by atoms with E-state index in [0.29, 0.717) is 42.0 Å². The summed E-state index contributed by atoms with van der Waals surface area (Å²) >= 11 is 6.10. The second-order valence-corrected chi connectivity index (χ2v) is 5.19. The van der Waals surface area contributed by atoms with Crippen LogP contribution < -0.4 is 25.4 Å². The molecular weight excluding hydrogens is 298 g/mol. The Labute approximate surface area is 125 Å². The average Bonchev–Trinajstić information content (AvgIpc) is 2.85. The number of carbonyl (C=O) groups excluding carboxylic acids is 2. The van der Waals surface area contributed by atoms with E-state index in [1.807, 2.05) is 0 Å². The minimum absolute atomic E-state index is 0.0716. The van der Waals surface area contributed by atoms with Crippen molar-refractivity contribution in [2.45, 2.75) is 12.5 Å². The molecule has 112 valence electrons. The monoisotopic (exact) mass is 311 g/mol. The summed E-state index contributed by atoms with van der Waals surface area (Å²) in [6.07, 6.45) is 0.280. The zero-order valence-electron chi connectivity index (χ0n) is 11.1. The van der Waals surface area contributed by atoms with Crippen LogP contribution in [-0.2, 0) is 4.79 Å². The topological polar surface area (TPSA) is 88.7 Å². The van der Waals surface area contributed by atoms with Crippen LogP contribution in [0.5, 0.6) is 11.5 Å². The highest BCUT2D eigenvalue weighted by Crippen LogP contribution is 2.37. The number of anilines is 1. The van der Waals surface area contributed by atoms with Gasteiger partial charge in [-0.2, -0.15) is 0 Å². The van der Waals surface area contributed by atoms with Crippen LogP contribution in [0.3, 0.4) is 0 Å². The number of nitrogens with one attached hydrogen (secondary N) is 3. The zero-order chi connectivity index (χ0) is 14.8. The third-order valence-corrected chi connectivity index (χ3v) is 3.51. The Morgan fingerprint density at radius 3 is 2.67 bits per heavy atom. The van der Waals surface area contributed by atoms with Crippen LogP contribution in [-0.4, -0.2) is 37.7 Å². The van der Waals surface area contributed by atoms with Crippen molar-refractivity contribution in [3.8, 4) is 11.5 Å². The quantitative estimate of drug-likeness (QED) is 0.763. The molecule has 1 aromatic rings. The smallest absolute Gasteiger partial charge is 0.319 e. The third kappa shape index (κ3) is 3.13. The molecule has 1 unspecified atom stereocenters. The SMILES string of the molecule is O=C1CC(NC(=O)Nc2cc3c(cc2Cl)OCCO3)CN1. The first-order chi connectivity index (χ1) is 10.1. The maximum Gasteiger partial charge on any atom is 0.319 e. The van der Waals surface area contributed by atoms with Crippen molar-refractivity contribution in [3.05, 3.63) is 17.2 Å². The van der Waals surface area contributed by atoms with Crippen LogP contribution in [0.1, 0.15) is 6.42 Å². The highest BCUT2D eigenvalue weighted by molar-refractivity contribution is 6.34. The molecule has 8 heteroatoms. The first kappa shape index (κ1) is 13.8. The van der Waals surface area contributed by atoms with Gasteiger partial charge in [0, 0.05) is 25.1 Å². The Balaban J connectivity index is 1.66. The number of carbonyl (C=O) groups is 2. The minimum Gasteiger partial charge on any atom is -0.486 e. The second kappa shape index (κ2) is 5.69. The Hall–Kier alpha value is -2.15. The number of halogens is 1. The number of amides is 3. The normalized spacial score (nSPS) is 19.9. The fourth-order valence-corrected chi connectivity index (χ4v) is 2.41. The van der Waals surface area contributed by atoms with Gasteiger partial charge in [-0.1, -0.05) is 11.6 Å². The summed E-state index contributed by atoms with van der Waals surface area (Å²) in [6.45, 7) is 1.36. The molecule has 0 saturated carbocycles. The van der Waals surface area contributed by atoms with Gasteiger partial charge >= 0.3 is 6.03 Å². The van der Waals surface area contributed by atoms with E-state index in [9.17, 15) is 9.59 Å². The summed E-state index contributed by atoms with van der Waals surface area (Å²) in [5.41, 5.74) is 0.427. The highest BCUT2D eigenvalue weighted by atomic mass is 35.5. The van der Waals surface area contributed by atoms with E-state index in [2.05, 4.69) is 16.0 Å². The number of rotatable bonds is 2. The van der Waals surface area contributed by atoms with Crippen molar-refractivity contribution < 1.29 is 19.1 Å². The molecule has 1 atom stereocenters. The summed E-state index contributed by atoms with van der Waals surface area (Å²) in [7, 11) is 0. The molecule has 1 saturated heterocycles. The molecular formula is C13H14ClN3O4. The van der Waals surface area contributed by atoms with Gasteiger partial charge in [0.05, 0.1) is 16.8 Å². The Morgan fingerprint density at radius 2 is 2.00 bits per heavy atom. The minimum atomic E-state index is -0.421. The van der Waals surface area contributed by atoms with Gasteiger partial charge < -0.3 is 25.4 Å². The Bertz CT molecular complexity index is 593. The average molecular weight is 312 g/mol. The lowest BCUT2D eigenvalue weighted by atomic mass is 10.2. The lowest BCUT2D eigenvalue weighted by molar-refractivity contribution is -0.119. The predicted molar refractivity (Wildman–Crippen MR) is 76.0 cm³/mol. The van der Waals surface area contributed by atoms with E-state index in [1.54, 1.807) is 12.1 Å². The molecule has 2 aliphatic rings. The van der Waals surface area contributed by atoms with Gasteiger partial charge in [0.1, 0.15) is 13.2 Å². The molecule has 0 radical (unpaired) electrons. The molecule has 1 fully saturated rings. The molecule has 2 aliphatic heterocycles. The standard InChI is InChI=1S/C13H14ClN3O4/c14-8-4-10-11(21-2-1-20-10)5-9(8)17-13(19)16-7-3-12(18)15-6-7/h4-5,7H,1-3,6H2,(H,15,18)(H2,16,17,19). The summed E-state index contributed by atoms with van der Waals surface area (Å²) in [6, 6.07) is 2.59. The highest BCUT2D eigenvalue weighted by Gasteiger charge is 2.23. The van der Waals surface area contributed by atoms with Crippen LogP contribution in [0, 0.1) is 0 Å². The molecule has 21 heavy (non-hydrogen) atoms. The van der Waals surface area contributed by atoms with Crippen LogP contribution in [0.25, 0.3) is 0 Å². The Morgan fingerprint density at radius 1 is 1.29 bits per heavy atom. The summed E-state index contributed by atoms with van der Waals surface area (Å²) in [5.74, 6) is 1.03. The number of ether oxygens (including phenoxy) is 2. The summed E-state index contributed by atoms with van der Waals surface area (Å²) in [4.78, 5) is 23.0. The molecule has 0 aliphatic carbocycles. The molecule has 0 aromatic heterocycles. The van der Waals surface area contributed by atoms with Gasteiger partial charge in [-0.15, -0.1) is 0 Å². The predicted octanol–water partition coefficient (Wildman–Crippen LogP) is 1.12. The molecule has 0 spiro atoms.